The molecule has 0 aliphatic carbocycles. The van der Waals surface area contributed by atoms with E-state index in [1.54, 1.807) is 18.2 Å². The van der Waals surface area contributed by atoms with E-state index in [4.69, 9.17) is 23.2 Å². The van der Waals surface area contributed by atoms with Crippen LogP contribution in [-0.4, -0.2) is 50.0 Å². The fraction of sp³-hybridized carbons (Fsp3) is 0.355. The maximum absolute atomic E-state index is 13.9. The zero-order valence-electron chi connectivity index (χ0n) is 23.9. The van der Waals surface area contributed by atoms with E-state index in [9.17, 15) is 22.4 Å². The first-order valence-corrected chi connectivity index (χ1v) is 16.3. The van der Waals surface area contributed by atoms with Gasteiger partial charge in [0.25, 0.3) is 0 Å². The maximum Gasteiger partial charge on any atom is 0.243 e. The van der Waals surface area contributed by atoms with Crippen LogP contribution in [0.15, 0.2) is 72.8 Å². The highest BCUT2D eigenvalue weighted by Gasteiger charge is 2.31. The van der Waals surface area contributed by atoms with Gasteiger partial charge in [-0.3, -0.25) is 13.9 Å². The summed E-state index contributed by atoms with van der Waals surface area (Å²) in [5, 5.41) is 3.81. The Kier molecular flexibility index (Phi) is 12.2. The van der Waals surface area contributed by atoms with Gasteiger partial charge in [-0.05, 0) is 67.3 Å². The van der Waals surface area contributed by atoms with Crippen molar-refractivity contribution < 1.29 is 22.4 Å². The summed E-state index contributed by atoms with van der Waals surface area (Å²) < 4.78 is 39.6. The van der Waals surface area contributed by atoms with E-state index in [1.807, 2.05) is 44.2 Å². The monoisotopic (exact) mass is 635 g/mol. The molecule has 3 aromatic rings. The lowest BCUT2D eigenvalue weighted by atomic mass is 10.0. The van der Waals surface area contributed by atoms with Gasteiger partial charge in [0, 0.05) is 42.0 Å². The number of nitrogens with one attached hydrogen (secondary N) is 1. The third-order valence-corrected chi connectivity index (χ3v) is 8.68. The molecule has 0 aromatic heterocycles. The summed E-state index contributed by atoms with van der Waals surface area (Å²) >= 11 is 12.6. The first kappa shape index (κ1) is 33.4. The molecule has 2 amide bonds. The summed E-state index contributed by atoms with van der Waals surface area (Å²) in [7, 11) is -3.70. The van der Waals surface area contributed by atoms with Gasteiger partial charge in [0.15, 0.2) is 0 Å². The smallest absolute Gasteiger partial charge is 0.243 e. The van der Waals surface area contributed by atoms with Crippen LogP contribution in [0.5, 0.6) is 0 Å². The molecule has 226 valence electrons. The van der Waals surface area contributed by atoms with Crippen LogP contribution in [0.25, 0.3) is 0 Å². The molecule has 0 saturated heterocycles. The van der Waals surface area contributed by atoms with Crippen molar-refractivity contribution in [1.82, 2.24) is 10.2 Å². The lowest BCUT2D eigenvalue weighted by molar-refractivity contribution is -0.141. The summed E-state index contributed by atoms with van der Waals surface area (Å²) in [5.74, 6) is -1.12. The molecule has 42 heavy (non-hydrogen) atoms. The second-order valence-electron chi connectivity index (χ2n) is 10.2. The molecule has 0 fully saturated rings. The number of nitrogens with zero attached hydrogens (tertiary/aromatic N) is 2. The largest absolute Gasteiger partial charge is 0.352 e. The van der Waals surface area contributed by atoms with Crippen LogP contribution in [0.4, 0.5) is 10.1 Å². The Bertz CT molecular complexity index is 1460. The zero-order valence-corrected chi connectivity index (χ0v) is 26.2. The summed E-state index contributed by atoms with van der Waals surface area (Å²) in [4.78, 5) is 29.0. The average Bonchev–Trinajstić information content (AvgIpc) is 2.94. The highest BCUT2D eigenvalue weighted by atomic mass is 35.5. The highest BCUT2D eigenvalue weighted by Crippen LogP contribution is 2.25. The van der Waals surface area contributed by atoms with E-state index in [2.05, 4.69) is 5.32 Å². The van der Waals surface area contributed by atoms with Crippen LogP contribution in [-0.2, 0) is 32.6 Å². The highest BCUT2D eigenvalue weighted by molar-refractivity contribution is 7.92. The van der Waals surface area contributed by atoms with Crippen molar-refractivity contribution in [3.63, 3.8) is 0 Å². The number of hydrogen-bond acceptors (Lipinski definition) is 4. The molecule has 3 rings (SSSR count). The van der Waals surface area contributed by atoms with E-state index in [1.165, 1.54) is 29.2 Å². The summed E-state index contributed by atoms with van der Waals surface area (Å²) in [6.07, 6.45) is 2.16. The third kappa shape index (κ3) is 9.71. The van der Waals surface area contributed by atoms with Gasteiger partial charge >= 0.3 is 0 Å². The van der Waals surface area contributed by atoms with Crippen molar-refractivity contribution in [2.45, 2.75) is 58.2 Å². The van der Waals surface area contributed by atoms with Crippen molar-refractivity contribution >= 4 is 50.7 Å². The number of sulfonamides is 1. The molecular formula is C31H36Cl2FN3O4S. The quantitative estimate of drug-likeness (QED) is 0.227. The van der Waals surface area contributed by atoms with Gasteiger partial charge in [0.2, 0.25) is 21.8 Å². The van der Waals surface area contributed by atoms with Crippen molar-refractivity contribution in [3.8, 4) is 0 Å². The van der Waals surface area contributed by atoms with E-state index in [0.717, 1.165) is 16.1 Å². The fourth-order valence-electron chi connectivity index (χ4n) is 4.44. The van der Waals surface area contributed by atoms with Gasteiger partial charge in [-0.2, -0.15) is 0 Å². The van der Waals surface area contributed by atoms with Gasteiger partial charge in [-0.1, -0.05) is 66.5 Å². The summed E-state index contributed by atoms with van der Waals surface area (Å²) in [6.45, 7) is 3.90. The van der Waals surface area contributed by atoms with Gasteiger partial charge in [0.1, 0.15) is 11.9 Å². The molecule has 3 aromatic carbocycles. The molecule has 0 bridgehead atoms. The van der Waals surface area contributed by atoms with Crippen molar-refractivity contribution in [2.24, 2.45) is 0 Å². The maximum atomic E-state index is 13.9. The van der Waals surface area contributed by atoms with Crippen molar-refractivity contribution in [3.05, 3.63) is 99.8 Å². The Morgan fingerprint density at radius 2 is 1.67 bits per heavy atom. The minimum atomic E-state index is -3.70. The molecule has 0 radical (unpaired) electrons. The van der Waals surface area contributed by atoms with Gasteiger partial charge in [-0.25, -0.2) is 12.8 Å². The molecule has 0 saturated carbocycles. The van der Waals surface area contributed by atoms with Crippen molar-refractivity contribution in [2.75, 3.05) is 17.1 Å². The Morgan fingerprint density at radius 1 is 1.00 bits per heavy atom. The molecule has 11 heteroatoms. The SMILES string of the molecule is CC[C@@H](C)NC(=O)[C@@H](Cc1ccccc1)N(Cc1ccc(Cl)cc1Cl)C(=O)CCCN(c1ccc(F)cc1)S(C)(=O)=O. The Balaban J connectivity index is 1.91. The van der Waals surface area contributed by atoms with Crippen LogP contribution in [0.1, 0.15) is 44.2 Å². The number of halogens is 3. The number of hydrogen-bond donors (Lipinski definition) is 1. The first-order valence-electron chi connectivity index (χ1n) is 13.7. The minimum absolute atomic E-state index is 0.00579. The minimum Gasteiger partial charge on any atom is -0.352 e. The van der Waals surface area contributed by atoms with E-state index < -0.39 is 21.9 Å². The van der Waals surface area contributed by atoms with Gasteiger partial charge in [0.05, 0.1) is 11.9 Å². The molecule has 1 N–H and O–H groups in total. The molecular weight excluding hydrogens is 600 g/mol. The number of rotatable bonds is 14. The zero-order chi connectivity index (χ0) is 30.9. The van der Waals surface area contributed by atoms with Crippen LogP contribution >= 0.6 is 23.2 Å². The lowest BCUT2D eigenvalue weighted by Crippen LogP contribution is -2.52. The Hall–Kier alpha value is -3.14. The lowest BCUT2D eigenvalue weighted by Gasteiger charge is -2.33. The fourth-order valence-corrected chi connectivity index (χ4v) is 5.87. The van der Waals surface area contributed by atoms with Gasteiger partial charge < -0.3 is 10.2 Å². The molecule has 2 atom stereocenters. The molecule has 7 nitrogen and oxygen atoms in total. The Morgan fingerprint density at radius 3 is 2.26 bits per heavy atom. The van der Waals surface area contributed by atoms with Crippen molar-refractivity contribution in [1.29, 1.82) is 0 Å². The predicted octanol–water partition coefficient (Wildman–Crippen LogP) is 6.23. The van der Waals surface area contributed by atoms with Gasteiger partial charge in [-0.15, -0.1) is 0 Å². The second kappa shape index (κ2) is 15.4. The second-order valence-corrected chi connectivity index (χ2v) is 12.9. The number of carbonyl (C=O) groups excluding carboxylic acids is 2. The standard InChI is InChI=1S/C31H36Cl2FN3O4S/c1-4-22(2)35-31(39)29(19-23-9-6-5-7-10-23)36(21-24-12-13-25(32)20-28(24)33)30(38)11-8-18-37(42(3,40)41)27-16-14-26(34)15-17-27/h5-7,9-10,12-17,20,22,29H,4,8,11,18-19,21H2,1-3H3,(H,35,39)/t22-,29-/m1/s1. The Labute approximate surface area is 257 Å². The predicted molar refractivity (Wildman–Crippen MR) is 167 cm³/mol. The molecule has 0 heterocycles. The molecule has 0 aliphatic rings. The van der Waals surface area contributed by atoms with Crippen LogP contribution in [0.3, 0.4) is 0 Å². The average molecular weight is 637 g/mol. The van der Waals surface area contributed by atoms with E-state index >= 15 is 0 Å². The number of benzene rings is 3. The van der Waals surface area contributed by atoms with E-state index in [-0.39, 0.29) is 50.2 Å². The molecule has 0 unspecified atom stereocenters. The summed E-state index contributed by atoms with van der Waals surface area (Å²) in [6, 6.07) is 18.5. The normalized spacial score (nSPS) is 12.8. The van der Waals surface area contributed by atoms with Crippen LogP contribution < -0.4 is 9.62 Å². The number of anilines is 1. The number of amides is 2. The first-order chi connectivity index (χ1) is 19.9. The van der Waals surface area contributed by atoms with Crippen LogP contribution in [0, 0.1) is 5.82 Å². The third-order valence-electron chi connectivity index (χ3n) is 6.89. The molecule has 0 spiro atoms. The number of carbonyl (C=O) groups is 2. The van der Waals surface area contributed by atoms with Crippen LogP contribution in [0.2, 0.25) is 10.0 Å². The summed E-state index contributed by atoms with van der Waals surface area (Å²) in [5.41, 5.74) is 1.79. The molecule has 0 aliphatic heterocycles. The topological polar surface area (TPSA) is 86.8 Å². The van der Waals surface area contributed by atoms with E-state index in [0.29, 0.717) is 27.7 Å².